The SMILES string of the molecule is CNc1ncnc(NC2C(C)(C)C2(C)C)c1C(C)C. The summed E-state index contributed by atoms with van der Waals surface area (Å²) in [6.45, 7) is 13.6. The molecule has 0 spiro atoms. The van der Waals surface area contributed by atoms with Crippen LogP contribution in [0, 0.1) is 10.8 Å². The van der Waals surface area contributed by atoms with Gasteiger partial charge in [0.05, 0.1) is 0 Å². The number of anilines is 2. The molecule has 1 aromatic rings. The molecule has 2 N–H and O–H groups in total. The minimum atomic E-state index is 0.298. The van der Waals surface area contributed by atoms with Gasteiger partial charge in [0.2, 0.25) is 0 Å². The number of aromatic nitrogens is 2. The van der Waals surface area contributed by atoms with Crippen LogP contribution < -0.4 is 10.6 Å². The maximum atomic E-state index is 4.46. The van der Waals surface area contributed by atoms with Crippen LogP contribution in [-0.2, 0) is 0 Å². The predicted molar refractivity (Wildman–Crippen MR) is 80.6 cm³/mol. The Morgan fingerprint density at radius 3 is 2.00 bits per heavy atom. The summed E-state index contributed by atoms with van der Waals surface area (Å²) in [5.74, 6) is 2.28. The van der Waals surface area contributed by atoms with Gasteiger partial charge < -0.3 is 10.6 Å². The highest BCUT2D eigenvalue weighted by Gasteiger charge is 2.65. The van der Waals surface area contributed by atoms with Crippen molar-refractivity contribution in [2.45, 2.75) is 53.5 Å². The zero-order valence-corrected chi connectivity index (χ0v) is 13.1. The van der Waals surface area contributed by atoms with Gasteiger partial charge in [0.25, 0.3) is 0 Å². The summed E-state index contributed by atoms with van der Waals surface area (Å²) in [7, 11) is 1.91. The summed E-state index contributed by atoms with van der Waals surface area (Å²) in [6, 6.07) is 0.456. The van der Waals surface area contributed by atoms with Crippen LogP contribution in [-0.4, -0.2) is 23.1 Å². The van der Waals surface area contributed by atoms with E-state index in [1.54, 1.807) is 6.33 Å². The van der Waals surface area contributed by atoms with Crippen LogP contribution in [0.3, 0.4) is 0 Å². The molecule has 1 heterocycles. The lowest BCUT2D eigenvalue weighted by atomic mass is 10.0. The maximum Gasteiger partial charge on any atom is 0.135 e. The van der Waals surface area contributed by atoms with E-state index in [0.717, 1.165) is 11.6 Å². The molecule has 1 aromatic heterocycles. The number of rotatable bonds is 4. The van der Waals surface area contributed by atoms with E-state index in [2.05, 4.69) is 62.1 Å². The average Bonchev–Trinajstić information content (AvgIpc) is 2.71. The average molecular weight is 262 g/mol. The standard InChI is InChI=1S/C15H26N4/c1-9(2)10-11(16-7)17-8-18-12(10)19-13-14(3,4)15(13,5)6/h8-9,13H,1-7H3,(H2,16,17,18,19). The molecule has 1 aliphatic carbocycles. The van der Waals surface area contributed by atoms with Gasteiger partial charge in [0.15, 0.2) is 0 Å². The summed E-state index contributed by atoms with van der Waals surface area (Å²) < 4.78 is 0. The molecule has 19 heavy (non-hydrogen) atoms. The van der Waals surface area contributed by atoms with Gasteiger partial charge >= 0.3 is 0 Å². The number of hydrogen-bond acceptors (Lipinski definition) is 4. The van der Waals surface area contributed by atoms with Crippen molar-refractivity contribution in [3.05, 3.63) is 11.9 Å². The van der Waals surface area contributed by atoms with Crippen molar-refractivity contribution < 1.29 is 0 Å². The normalized spacial score (nSPS) is 20.4. The van der Waals surface area contributed by atoms with E-state index in [-0.39, 0.29) is 0 Å². The summed E-state index contributed by atoms with van der Waals surface area (Å²) >= 11 is 0. The molecule has 0 atom stereocenters. The number of nitrogens with zero attached hydrogens (tertiary/aromatic N) is 2. The Morgan fingerprint density at radius 2 is 1.58 bits per heavy atom. The quantitative estimate of drug-likeness (QED) is 0.872. The zero-order valence-electron chi connectivity index (χ0n) is 13.1. The first kappa shape index (κ1) is 14.1. The fraction of sp³-hybridized carbons (Fsp3) is 0.733. The summed E-state index contributed by atoms with van der Waals surface area (Å²) in [4.78, 5) is 8.77. The third-order valence-electron chi connectivity index (χ3n) is 5.00. The Morgan fingerprint density at radius 1 is 1.05 bits per heavy atom. The molecule has 0 radical (unpaired) electrons. The third kappa shape index (κ3) is 2.07. The highest BCUT2D eigenvalue weighted by Crippen LogP contribution is 2.63. The monoisotopic (exact) mass is 262 g/mol. The van der Waals surface area contributed by atoms with Crippen molar-refractivity contribution in [1.82, 2.24) is 9.97 Å². The molecule has 1 saturated carbocycles. The van der Waals surface area contributed by atoms with Gasteiger partial charge in [0.1, 0.15) is 18.0 Å². The smallest absolute Gasteiger partial charge is 0.135 e. The topological polar surface area (TPSA) is 49.8 Å². The van der Waals surface area contributed by atoms with Crippen LogP contribution in [0.5, 0.6) is 0 Å². The number of nitrogens with one attached hydrogen (secondary N) is 2. The fourth-order valence-electron chi connectivity index (χ4n) is 2.95. The second kappa shape index (κ2) is 4.36. The Labute approximate surface area is 116 Å². The molecule has 0 bridgehead atoms. The van der Waals surface area contributed by atoms with Gasteiger partial charge in [-0.1, -0.05) is 41.5 Å². The predicted octanol–water partition coefficient (Wildman–Crippen LogP) is 3.49. The van der Waals surface area contributed by atoms with E-state index in [0.29, 0.717) is 22.8 Å². The van der Waals surface area contributed by atoms with E-state index in [1.165, 1.54) is 5.56 Å². The highest BCUT2D eigenvalue weighted by molar-refractivity contribution is 5.60. The fourth-order valence-corrected chi connectivity index (χ4v) is 2.95. The molecule has 0 amide bonds. The van der Waals surface area contributed by atoms with Crippen LogP contribution >= 0.6 is 0 Å². The maximum absolute atomic E-state index is 4.46. The first-order valence-corrected chi connectivity index (χ1v) is 7.02. The zero-order chi connectivity index (χ0) is 14.4. The second-order valence-electron chi connectivity index (χ2n) is 6.91. The lowest BCUT2D eigenvalue weighted by molar-refractivity contribution is 0.457. The first-order valence-electron chi connectivity index (χ1n) is 7.02. The van der Waals surface area contributed by atoms with Gasteiger partial charge in [0, 0.05) is 18.7 Å². The van der Waals surface area contributed by atoms with Crippen LogP contribution in [0.4, 0.5) is 11.6 Å². The van der Waals surface area contributed by atoms with Crippen molar-refractivity contribution in [3.8, 4) is 0 Å². The molecule has 4 nitrogen and oxygen atoms in total. The van der Waals surface area contributed by atoms with E-state index in [9.17, 15) is 0 Å². The molecule has 2 rings (SSSR count). The third-order valence-corrected chi connectivity index (χ3v) is 5.00. The molecule has 4 heteroatoms. The molecule has 0 aromatic carbocycles. The lowest BCUT2D eigenvalue weighted by Gasteiger charge is -2.17. The Bertz CT molecular complexity index is 463. The molecule has 0 unspecified atom stereocenters. The van der Waals surface area contributed by atoms with Crippen LogP contribution in [0.15, 0.2) is 6.33 Å². The van der Waals surface area contributed by atoms with E-state index in [4.69, 9.17) is 0 Å². The first-order chi connectivity index (χ1) is 8.73. The van der Waals surface area contributed by atoms with Gasteiger partial charge in [-0.25, -0.2) is 9.97 Å². The van der Waals surface area contributed by atoms with Crippen molar-refractivity contribution in [3.63, 3.8) is 0 Å². The minimum absolute atomic E-state index is 0.298. The molecular formula is C15H26N4. The van der Waals surface area contributed by atoms with Crippen LogP contribution in [0.1, 0.15) is 53.0 Å². The van der Waals surface area contributed by atoms with E-state index in [1.807, 2.05) is 7.05 Å². The van der Waals surface area contributed by atoms with Crippen molar-refractivity contribution in [1.29, 1.82) is 0 Å². The van der Waals surface area contributed by atoms with Gasteiger partial charge in [-0.05, 0) is 16.7 Å². The van der Waals surface area contributed by atoms with Crippen molar-refractivity contribution in [2.75, 3.05) is 17.7 Å². The molecule has 106 valence electrons. The number of hydrogen-bond donors (Lipinski definition) is 2. The molecule has 0 aliphatic heterocycles. The van der Waals surface area contributed by atoms with Gasteiger partial charge in [-0.2, -0.15) is 0 Å². The van der Waals surface area contributed by atoms with E-state index >= 15 is 0 Å². The summed E-state index contributed by atoms with van der Waals surface area (Å²) in [5.41, 5.74) is 1.77. The summed E-state index contributed by atoms with van der Waals surface area (Å²) in [6.07, 6.45) is 1.63. The Balaban J connectivity index is 2.32. The highest BCUT2D eigenvalue weighted by atomic mass is 15.1. The van der Waals surface area contributed by atoms with Crippen LogP contribution in [0.2, 0.25) is 0 Å². The Kier molecular flexibility index (Phi) is 3.23. The van der Waals surface area contributed by atoms with Crippen molar-refractivity contribution >= 4 is 11.6 Å². The minimum Gasteiger partial charge on any atom is -0.373 e. The molecule has 0 saturated heterocycles. The molecular weight excluding hydrogens is 236 g/mol. The molecule has 1 aliphatic rings. The second-order valence-corrected chi connectivity index (χ2v) is 6.91. The Hall–Kier alpha value is -1.32. The van der Waals surface area contributed by atoms with E-state index < -0.39 is 0 Å². The van der Waals surface area contributed by atoms with Crippen molar-refractivity contribution in [2.24, 2.45) is 10.8 Å². The molecule has 1 fully saturated rings. The summed E-state index contributed by atoms with van der Waals surface area (Å²) in [5, 5.41) is 6.79. The lowest BCUT2D eigenvalue weighted by Crippen LogP contribution is -2.15. The van der Waals surface area contributed by atoms with Gasteiger partial charge in [-0.3, -0.25) is 0 Å². The van der Waals surface area contributed by atoms with Crippen LogP contribution in [0.25, 0.3) is 0 Å². The largest absolute Gasteiger partial charge is 0.373 e. The van der Waals surface area contributed by atoms with Gasteiger partial charge in [-0.15, -0.1) is 0 Å².